The van der Waals surface area contributed by atoms with E-state index in [-0.39, 0.29) is 29.4 Å². The third kappa shape index (κ3) is 4.38. The van der Waals surface area contributed by atoms with Gasteiger partial charge in [-0.1, -0.05) is 12.1 Å². The number of carbonyl (C=O) groups is 2. The van der Waals surface area contributed by atoms with Crippen molar-refractivity contribution in [2.24, 2.45) is 0 Å². The van der Waals surface area contributed by atoms with Gasteiger partial charge in [0.25, 0.3) is 5.91 Å². The van der Waals surface area contributed by atoms with E-state index in [1.54, 1.807) is 24.5 Å². The molecule has 5 rings (SSSR count). The van der Waals surface area contributed by atoms with Crippen molar-refractivity contribution >= 4 is 23.3 Å². The van der Waals surface area contributed by atoms with Gasteiger partial charge in [0.1, 0.15) is 11.6 Å². The second-order valence-corrected chi connectivity index (χ2v) is 7.99. The molecule has 1 aromatic heterocycles. The van der Waals surface area contributed by atoms with Gasteiger partial charge in [0.05, 0.1) is 11.1 Å². The number of carbonyl (C=O) groups excluding carboxylic acids is 2. The van der Waals surface area contributed by atoms with Gasteiger partial charge in [0, 0.05) is 41.4 Å². The number of fused-ring (bicyclic) bond motifs is 1. The van der Waals surface area contributed by atoms with E-state index in [2.05, 4.69) is 25.9 Å². The van der Waals surface area contributed by atoms with Crippen molar-refractivity contribution in [3.8, 4) is 22.5 Å². The molecule has 3 amide bonds. The summed E-state index contributed by atoms with van der Waals surface area (Å²) in [6.07, 6.45) is -1.35. The molecule has 0 fully saturated rings. The SMILES string of the molecule is O=C(Nc1cccc(C(F)(F)F)c1)Nc1ccc(-c2ccc(-c3ncc[nH]3)c3c2CNC3=O)c(F)c1. The Bertz CT molecular complexity index is 1480. The molecule has 0 spiro atoms. The number of nitrogens with one attached hydrogen (secondary N) is 4. The first-order chi connectivity index (χ1) is 17.2. The van der Waals surface area contributed by atoms with Crippen LogP contribution in [0.5, 0.6) is 0 Å². The number of amides is 3. The minimum atomic E-state index is -4.55. The van der Waals surface area contributed by atoms with E-state index in [9.17, 15) is 22.8 Å². The van der Waals surface area contributed by atoms with E-state index in [0.717, 1.165) is 18.2 Å². The molecule has 0 unspecified atom stereocenters. The Hall–Kier alpha value is -4.67. The van der Waals surface area contributed by atoms with Crippen LogP contribution in [0.25, 0.3) is 22.5 Å². The summed E-state index contributed by atoms with van der Waals surface area (Å²) in [7, 11) is 0. The average molecular weight is 495 g/mol. The predicted octanol–water partition coefficient (Wildman–Crippen LogP) is 5.79. The van der Waals surface area contributed by atoms with E-state index in [0.29, 0.717) is 28.1 Å². The summed E-state index contributed by atoms with van der Waals surface area (Å²) in [5.41, 5.74) is 1.48. The van der Waals surface area contributed by atoms with Gasteiger partial charge in [0.2, 0.25) is 0 Å². The fourth-order valence-electron chi connectivity index (χ4n) is 4.09. The first-order valence-electron chi connectivity index (χ1n) is 10.7. The van der Waals surface area contributed by atoms with E-state index in [1.807, 2.05) is 0 Å². The topological polar surface area (TPSA) is 98.9 Å². The van der Waals surface area contributed by atoms with Gasteiger partial charge < -0.3 is 20.9 Å². The molecule has 0 radical (unpaired) electrons. The Morgan fingerprint density at radius 3 is 2.36 bits per heavy atom. The van der Waals surface area contributed by atoms with Gasteiger partial charge in [-0.15, -0.1) is 0 Å². The second-order valence-electron chi connectivity index (χ2n) is 7.99. The number of halogens is 4. The number of aromatic nitrogens is 2. The number of H-pyrrole nitrogens is 1. The molecule has 0 bridgehead atoms. The van der Waals surface area contributed by atoms with E-state index in [4.69, 9.17) is 0 Å². The zero-order valence-corrected chi connectivity index (χ0v) is 18.3. The largest absolute Gasteiger partial charge is 0.416 e. The van der Waals surface area contributed by atoms with Gasteiger partial charge in [-0.05, 0) is 53.6 Å². The maximum Gasteiger partial charge on any atom is 0.416 e. The van der Waals surface area contributed by atoms with Gasteiger partial charge in [0.15, 0.2) is 0 Å². The van der Waals surface area contributed by atoms with Crippen LogP contribution in [-0.4, -0.2) is 21.9 Å². The van der Waals surface area contributed by atoms with Crippen LogP contribution in [0.4, 0.5) is 33.7 Å². The van der Waals surface area contributed by atoms with Crippen molar-refractivity contribution in [1.29, 1.82) is 0 Å². The number of alkyl halides is 3. The van der Waals surface area contributed by atoms with Crippen LogP contribution in [-0.2, 0) is 12.7 Å². The lowest BCUT2D eigenvalue weighted by Crippen LogP contribution is -2.20. The summed E-state index contributed by atoms with van der Waals surface area (Å²) in [6.45, 7) is 0.219. The highest BCUT2D eigenvalue weighted by Gasteiger charge is 2.31. The third-order valence-electron chi connectivity index (χ3n) is 5.68. The normalized spacial score (nSPS) is 12.7. The molecule has 3 aromatic carbocycles. The molecule has 1 aliphatic rings. The summed E-state index contributed by atoms with van der Waals surface area (Å²) >= 11 is 0. The molecular weight excluding hydrogens is 478 g/mol. The highest BCUT2D eigenvalue weighted by atomic mass is 19.4. The molecule has 2 heterocycles. The number of anilines is 2. The number of urea groups is 1. The van der Waals surface area contributed by atoms with Gasteiger partial charge >= 0.3 is 12.2 Å². The molecule has 0 saturated carbocycles. The third-order valence-corrected chi connectivity index (χ3v) is 5.68. The predicted molar refractivity (Wildman–Crippen MR) is 125 cm³/mol. The Morgan fingerprint density at radius 2 is 1.67 bits per heavy atom. The fourth-order valence-corrected chi connectivity index (χ4v) is 4.09. The van der Waals surface area contributed by atoms with E-state index < -0.39 is 23.6 Å². The number of nitrogens with zero attached hydrogens (tertiary/aromatic N) is 1. The number of benzene rings is 3. The smallest absolute Gasteiger partial charge is 0.348 e. The van der Waals surface area contributed by atoms with Crippen LogP contribution in [0.15, 0.2) is 67.0 Å². The minimum Gasteiger partial charge on any atom is -0.348 e. The maximum atomic E-state index is 15.1. The van der Waals surface area contributed by atoms with Crippen molar-refractivity contribution in [3.63, 3.8) is 0 Å². The van der Waals surface area contributed by atoms with E-state index in [1.165, 1.54) is 24.3 Å². The molecule has 0 atom stereocenters. The van der Waals surface area contributed by atoms with Crippen LogP contribution >= 0.6 is 0 Å². The minimum absolute atomic E-state index is 0.0659. The zero-order chi connectivity index (χ0) is 25.4. The van der Waals surface area contributed by atoms with Crippen LogP contribution < -0.4 is 16.0 Å². The summed E-state index contributed by atoms with van der Waals surface area (Å²) in [4.78, 5) is 31.9. The number of aromatic amines is 1. The Balaban J connectivity index is 1.38. The van der Waals surface area contributed by atoms with Gasteiger partial charge in [-0.3, -0.25) is 4.79 Å². The highest BCUT2D eigenvalue weighted by Crippen LogP contribution is 2.37. The molecule has 1 aliphatic heterocycles. The monoisotopic (exact) mass is 495 g/mol. The number of hydrogen-bond donors (Lipinski definition) is 4. The Labute approximate surface area is 201 Å². The average Bonchev–Trinajstić information content (AvgIpc) is 3.49. The van der Waals surface area contributed by atoms with Crippen molar-refractivity contribution < 1.29 is 27.2 Å². The second kappa shape index (κ2) is 8.84. The number of imidazole rings is 1. The molecule has 4 N–H and O–H groups in total. The van der Waals surface area contributed by atoms with Crippen LogP contribution in [0.2, 0.25) is 0 Å². The van der Waals surface area contributed by atoms with E-state index >= 15 is 4.39 Å². The lowest BCUT2D eigenvalue weighted by atomic mass is 9.92. The Morgan fingerprint density at radius 1 is 0.944 bits per heavy atom. The van der Waals surface area contributed by atoms with Crippen molar-refractivity contribution in [3.05, 3.63) is 89.5 Å². The standard InChI is InChI=1S/C25H17F4N5O2/c26-20-11-15(34-24(36)33-14-3-1-2-13(10-14)25(27,28)29)4-5-17(20)16-6-7-18(22-30-8-9-31-22)21-19(16)12-32-23(21)35/h1-11H,12H2,(H,30,31)(H,32,35)(H2,33,34,36). The van der Waals surface area contributed by atoms with Gasteiger partial charge in [-0.25, -0.2) is 14.2 Å². The zero-order valence-electron chi connectivity index (χ0n) is 18.3. The maximum absolute atomic E-state index is 15.1. The first kappa shape index (κ1) is 23.1. The fraction of sp³-hybridized carbons (Fsp3) is 0.0800. The number of rotatable bonds is 4. The highest BCUT2D eigenvalue weighted by molar-refractivity contribution is 6.06. The molecule has 36 heavy (non-hydrogen) atoms. The summed E-state index contributed by atoms with van der Waals surface area (Å²) in [6, 6.07) is 10.7. The van der Waals surface area contributed by atoms with Crippen LogP contribution in [0.1, 0.15) is 21.5 Å². The molecule has 0 aliphatic carbocycles. The molecule has 7 nitrogen and oxygen atoms in total. The summed E-state index contributed by atoms with van der Waals surface area (Å²) < 4.78 is 53.7. The lowest BCUT2D eigenvalue weighted by Gasteiger charge is -2.13. The summed E-state index contributed by atoms with van der Waals surface area (Å²) in [5.74, 6) is -0.427. The molecule has 182 valence electrons. The molecular formula is C25H17F4N5O2. The van der Waals surface area contributed by atoms with Crippen LogP contribution in [0.3, 0.4) is 0 Å². The lowest BCUT2D eigenvalue weighted by molar-refractivity contribution is -0.137. The first-order valence-corrected chi connectivity index (χ1v) is 10.7. The number of hydrogen-bond acceptors (Lipinski definition) is 3. The van der Waals surface area contributed by atoms with Crippen molar-refractivity contribution in [2.45, 2.75) is 12.7 Å². The Kier molecular flexibility index (Phi) is 5.67. The van der Waals surface area contributed by atoms with Crippen molar-refractivity contribution in [1.82, 2.24) is 15.3 Å². The quantitative estimate of drug-likeness (QED) is 0.270. The summed E-state index contributed by atoms with van der Waals surface area (Å²) in [5, 5.41) is 7.46. The van der Waals surface area contributed by atoms with Gasteiger partial charge in [-0.2, -0.15) is 13.2 Å². The molecule has 11 heteroatoms. The van der Waals surface area contributed by atoms with Crippen LogP contribution in [0, 0.1) is 5.82 Å². The molecule has 0 saturated heterocycles. The molecule has 4 aromatic rings. The van der Waals surface area contributed by atoms with Crippen molar-refractivity contribution in [2.75, 3.05) is 10.6 Å².